The molecule has 0 saturated carbocycles. The summed E-state index contributed by atoms with van der Waals surface area (Å²) in [7, 11) is 0. The van der Waals surface area contributed by atoms with Crippen molar-refractivity contribution in [3.05, 3.63) is 34.1 Å². The number of hydrogen-bond donors (Lipinski definition) is 2. The Morgan fingerprint density at radius 3 is 2.94 bits per heavy atom. The van der Waals surface area contributed by atoms with Crippen LogP contribution in [0.4, 0.5) is 4.39 Å². The standard InChI is InChI=1S/C12H15BrFNO2/c13-10-3-9(4-11(14)5-10)12(15)7-17-2-1-8(12)6-16/h3-5,8,16H,1-2,6-7,15H2. The topological polar surface area (TPSA) is 55.5 Å². The average Bonchev–Trinajstić information content (AvgIpc) is 2.28. The summed E-state index contributed by atoms with van der Waals surface area (Å²) in [5, 5.41) is 9.39. The van der Waals surface area contributed by atoms with Gasteiger partial charge in [-0.3, -0.25) is 0 Å². The van der Waals surface area contributed by atoms with Crippen LogP contribution >= 0.6 is 15.9 Å². The zero-order chi connectivity index (χ0) is 12.5. The number of ether oxygens (including phenoxy) is 1. The van der Waals surface area contributed by atoms with Gasteiger partial charge in [0.1, 0.15) is 5.82 Å². The van der Waals surface area contributed by atoms with Crippen LogP contribution in [0.1, 0.15) is 12.0 Å². The van der Waals surface area contributed by atoms with Gasteiger partial charge in [-0.25, -0.2) is 4.39 Å². The second-order valence-electron chi connectivity index (χ2n) is 4.42. The number of nitrogens with two attached hydrogens (primary N) is 1. The highest BCUT2D eigenvalue weighted by atomic mass is 79.9. The molecule has 3 N–H and O–H groups in total. The molecule has 94 valence electrons. The molecule has 3 nitrogen and oxygen atoms in total. The van der Waals surface area contributed by atoms with E-state index in [9.17, 15) is 9.50 Å². The second kappa shape index (κ2) is 5.02. The largest absolute Gasteiger partial charge is 0.396 e. The highest BCUT2D eigenvalue weighted by Crippen LogP contribution is 2.34. The van der Waals surface area contributed by atoms with E-state index in [1.807, 2.05) is 0 Å². The van der Waals surface area contributed by atoms with Gasteiger partial charge in [-0.15, -0.1) is 0 Å². The van der Waals surface area contributed by atoms with Crippen LogP contribution in [-0.2, 0) is 10.3 Å². The number of aliphatic hydroxyl groups excluding tert-OH is 1. The smallest absolute Gasteiger partial charge is 0.124 e. The Kier molecular flexibility index (Phi) is 3.82. The van der Waals surface area contributed by atoms with Gasteiger partial charge in [-0.05, 0) is 30.2 Å². The number of aliphatic hydroxyl groups is 1. The van der Waals surface area contributed by atoms with E-state index < -0.39 is 5.54 Å². The number of rotatable bonds is 2. The first kappa shape index (κ1) is 13.0. The number of benzene rings is 1. The highest BCUT2D eigenvalue weighted by molar-refractivity contribution is 9.10. The lowest BCUT2D eigenvalue weighted by molar-refractivity contribution is -0.0231. The molecular formula is C12H15BrFNO2. The SMILES string of the molecule is NC1(c2cc(F)cc(Br)c2)COCCC1CO. The van der Waals surface area contributed by atoms with Gasteiger partial charge in [0.2, 0.25) is 0 Å². The number of hydrogen-bond acceptors (Lipinski definition) is 3. The maximum atomic E-state index is 13.4. The maximum absolute atomic E-state index is 13.4. The van der Waals surface area contributed by atoms with Crippen LogP contribution in [0.25, 0.3) is 0 Å². The molecule has 17 heavy (non-hydrogen) atoms. The Morgan fingerprint density at radius 2 is 2.29 bits per heavy atom. The maximum Gasteiger partial charge on any atom is 0.124 e. The van der Waals surface area contributed by atoms with Gasteiger partial charge in [0.05, 0.1) is 12.1 Å². The van der Waals surface area contributed by atoms with E-state index in [-0.39, 0.29) is 18.3 Å². The van der Waals surface area contributed by atoms with Gasteiger partial charge in [-0.2, -0.15) is 0 Å². The Balaban J connectivity index is 2.40. The molecule has 1 aliphatic heterocycles. The van der Waals surface area contributed by atoms with Crippen molar-refractivity contribution in [1.29, 1.82) is 0 Å². The van der Waals surface area contributed by atoms with Gasteiger partial charge in [0.15, 0.2) is 0 Å². The summed E-state index contributed by atoms with van der Waals surface area (Å²) in [6.07, 6.45) is 0.682. The van der Waals surface area contributed by atoms with Gasteiger partial charge in [0.25, 0.3) is 0 Å². The highest BCUT2D eigenvalue weighted by Gasteiger charge is 2.39. The Hall–Kier alpha value is -0.490. The van der Waals surface area contributed by atoms with Gasteiger partial charge in [-0.1, -0.05) is 15.9 Å². The minimum absolute atomic E-state index is 0.0198. The predicted molar refractivity (Wildman–Crippen MR) is 66.0 cm³/mol. The van der Waals surface area contributed by atoms with Crippen LogP contribution in [0.5, 0.6) is 0 Å². The van der Waals surface area contributed by atoms with E-state index in [1.165, 1.54) is 12.1 Å². The Bertz CT molecular complexity index is 395. The minimum atomic E-state index is -0.822. The summed E-state index contributed by atoms with van der Waals surface area (Å²) < 4.78 is 19.4. The zero-order valence-corrected chi connectivity index (χ0v) is 10.9. The monoisotopic (exact) mass is 303 g/mol. The summed E-state index contributed by atoms with van der Waals surface area (Å²) in [5.74, 6) is -0.452. The molecule has 2 unspecified atom stereocenters. The first-order valence-electron chi connectivity index (χ1n) is 5.50. The van der Waals surface area contributed by atoms with Crippen molar-refractivity contribution in [1.82, 2.24) is 0 Å². The molecule has 0 radical (unpaired) electrons. The molecule has 2 atom stereocenters. The molecule has 0 spiro atoms. The van der Waals surface area contributed by atoms with Crippen LogP contribution < -0.4 is 5.73 Å². The van der Waals surface area contributed by atoms with Crippen LogP contribution in [0, 0.1) is 11.7 Å². The van der Waals surface area contributed by atoms with E-state index >= 15 is 0 Å². The molecule has 2 rings (SSSR count). The van der Waals surface area contributed by atoms with Crippen molar-refractivity contribution >= 4 is 15.9 Å². The van der Waals surface area contributed by atoms with Crippen molar-refractivity contribution in [2.75, 3.05) is 19.8 Å². The molecule has 1 fully saturated rings. The van der Waals surface area contributed by atoms with E-state index in [4.69, 9.17) is 10.5 Å². The third-order valence-corrected chi connectivity index (χ3v) is 3.76. The van der Waals surface area contributed by atoms with Crippen molar-refractivity contribution in [2.24, 2.45) is 11.7 Å². The van der Waals surface area contributed by atoms with Crippen LogP contribution in [0.2, 0.25) is 0 Å². The lowest BCUT2D eigenvalue weighted by Crippen LogP contribution is -2.52. The quantitative estimate of drug-likeness (QED) is 0.875. The summed E-state index contributed by atoms with van der Waals surface area (Å²) in [6, 6.07) is 4.56. The first-order chi connectivity index (χ1) is 8.06. The number of halogens is 2. The fraction of sp³-hybridized carbons (Fsp3) is 0.500. The lowest BCUT2D eigenvalue weighted by atomic mass is 9.77. The lowest BCUT2D eigenvalue weighted by Gasteiger charge is -2.40. The van der Waals surface area contributed by atoms with Crippen molar-refractivity contribution in [3.63, 3.8) is 0 Å². The summed E-state index contributed by atoms with van der Waals surface area (Å²) in [6.45, 7) is 0.864. The minimum Gasteiger partial charge on any atom is -0.396 e. The fourth-order valence-electron chi connectivity index (χ4n) is 2.24. The third kappa shape index (κ3) is 2.52. The summed E-state index contributed by atoms with van der Waals surface area (Å²) >= 11 is 3.25. The second-order valence-corrected chi connectivity index (χ2v) is 5.33. The molecule has 0 amide bonds. The Labute approximate surface area is 108 Å². The van der Waals surface area contributed by atoms with Crippen molar-refractivity contribution in [2.45, 2.75) is 12.0 Å². The predicted octanol–water partition coefficient (Wildman–Crippen LogP) is 1.77. The molecule has 5 heteroatoms. The fourth-order valence-corrected chi connectivity index (χ4v) is 2.70. The molecular weight excluding hydrogens is 289 g/mol. The molecule has 0 aromatic heterocycles. The van der Waals surface area contributed by atoms with E-state index in [2.05, 4.69) is 15.9 Å². The molecule has 0 bridgehead atoms. The molecule has 0 aliphatic carbocycles. The van der Waals surface area contributed by atoms with Gasteiger partial charge < -0.3 is 15.6 Å². The van der Waals surface area contributed by atoms with E-state index in [0.717, 1.165) is 0 Å². The van der Waals surface area contributed by atoms with Crippen LogP contribution in [0.15, 0.2) is 22.7 Å². The van der Waals surface area contributed by atoms with Gasteiger partial charge in [0, 0.05) is 23.6 Å². The zero-order valence-electron chi connectivity index (χ0n) is 9.33. The molecule has 1 heterocycles. The molecule has 1 aromatic rings. The third-order valence-electron chi connectivity index (χ3n) is 3.30. The summed E-state index contributed by atoms with van der Waals surface area (Å²) in [5.41, 5.74) is 6.13. The first-order valence-corrected chi connectivity index (χ1v) is 6.29. The molecule has 1 aliphatic rings. The van der Waals surface area contributed by atoms with Crippen LogP contribution in [-0.4, -0.2) is 24.9 Å². The van der Waals surface area contributed by atoms with Crippen molar-refractivity contribution < 1.29 is 14.2 Å². The summed E-state index contributed by atoms with van der Waals surface area (Å²) in [4.78, 5) is 0. The average molecular weight is 304 g/mol. The van der Waals surface area contributed by atoms with Crippen LogP contribution in [0.3, 0.4) is 0 Å². The molecule has 1 saturated heterocycles. The normalized spacial score (nSPS) is 29.3. The Morgan fingerprint density at radius 1 is 1.53 bits per heavy atom. The molecule has 1 aromatic carbocycles. The van der Waals surface area contributed by atoms with E-state index in [0.29, 0.717) is 29.7 Å². The van der Waals surface area contributed by atoms with Crippen molar-refractivity contribution in [3.8, 4) is 0 Å². The van der Waals surface area contributed by atoms with Gasteiger partial charge >= 0.3 is 0 Å². The van der Waals surface area contributed by atoms with E-state index in [1.54, 1.807) is 6.07 Å².